The number of likely N-dealkylation sites (N-methyl/N-ethyl adjacent to an activating group) is 1. The fourth-order valence-corrected chi connectivity index (χ4v) is 3.87. The maximum absolute atomic E-state index is 12.5. The molecule has 20 heavy (non-hydrogen) atoms. The molecule has 1 aliphatic heterocycles. The molecule has 7 nitrogen and oxygen atoms in total. The van der Waals surface area contributed by atoms with Gasteiger partial charge >= 0.3 is 0 Å². The second-order valence-corrected chi connectivity index (χ2v) is 6.68. The molecule has 2 rings (SSSR count). The van der Waals surface area contributed by atoms with Gasteiger partial charge in [-0.2, -0.15) is 4.31 Å². The van der Waals surface area contributed by atoms with E-state index in [-0.39, 0.29) is 16.6 Å². The topological polar surface area (TPSA) is 92.6 Å². The highest BCUT2D eigenvalue weighted by atomic mass is 32.2. The molecular formula is C12H17N3O4S. The summed E-state index contributed by atoms with van der Waals surface area (Å²) in [6, 6.07) is 5.30. The number of nitro groups is 1. The van der Waals surface area contributed by atoms with E-state index in [0.29, 0.717) is 13.1 Å². The molecule has 0 bridgehead atoms. The van der Waals surface area contributed by atoms with Crippen LogP contribution in [-0.2, 0) is 10.0 Å². The molecule has 8 heteroatoms. The molecule has 1 saturated heterocycles. The summed E-state index contributed by atoms with van der Waals surface area (Å²) in [4.78, 5) is 10.1. The van der Waals surface area contributed by atoms with Crippen LogP contribution in [-0.4, -0.2) is 43.8 Å². The Hall–Kier alpha value is -1.51. The summed E-state index contributed by atoms with van der Waals surface area (Å²) >= 11 is 0. The summed E-state index contributed by atoms with van der Waals surface area (Å²) in [5, 5.41) is 13.8. The van der Waals surface area contributed by atoms with Crippen molar-refractivity contribution in [2.24, 2.45) is 0 Å². The predicted octanol–water partition coefficient (Wildman–Crippen LogP) is 0.967. The van der Waals surface area contributed by atoms with Crippen LogP contribution in [0.1, 0.15) is 12.8 Å². The van der Waals surface area contributed by atoms with Crippen molar-refractivity contribution in [2.75, 3.05) is 20.1 Å². The highest BCUT2D eigenvalue weighted by Gasteiger charge is 2.30. The summed E-state index contributed by atoms with van der Waals surface area (Å²) in [7, 11) is -1.87. The van der Waals surface area contributed by atoms with Crippen LogP contribution in [0.3, 0.4) is 0 Å². The minimum absolute atomic E-state index is 0.0246. The summed E-state index contributed by atoms with van der Waals surface area (Å²) in [6.07, 6.45) is 1.71. The molecule has 0 spiro atoms. The minimum atomic E-state index is -3.67. The smallest absolute Gasteiger partial charge is 0.270 e. The Morgan fingerprint density at radius 2 is 2.20 bits per heavy atom. The van der Waals surface area contributed by atoms with E-state index < -0.39 is 14.9 Å². The van der Waals surface area contributed by atoms with E-state index in [1.54, 1.807) is 7.05 Å². The van der Waals surface area contributed by atoms with E-state index in [9.17, 15) is 18.5 Å². The van der Waals surface area contributed by atoms with Crippen LogP contribution >= 0.6 is 0 Å². The number of rotatable bonds is 4. The number of hydrogen-bond acceptors (Lipinski definition) is 5. The Balaban J connectivity index is 2.30. The molecule has 1 fully saturated rings. The Labute approximate surface area is 117 Å². The number of benzene rings is 1. The van der Waals surface area contributed by atoms with Gasteiger partial charge in [-0.25, -0.2) is 8.42 Å². The average molecular weight is 299 g/mol. The predicted molar refractivity (Wildman–Crippen MR) is 73.9 cm³/mol. The first kappa shape index (κ1) is 14.9. The zero-order valence-electron chi connectivity index (χ0n) is 11.2. The van der Waals surface area contributed by atoms with Gasteiger partial charge in [0.05, 0.1) is 9.82 Å². The number of non-ortho nitro benzene ring substituents is 1. The van der Waals surface area contributed by atoms with Gasteiger partial charge < -0.3 is 5.32 Å². The fourth-order valence-electron chi connectivity index (χ4n) is 2.30. The summed E-state index contributed by atoms with van der Waals surface area (Å²) in [6.45, 7) is 0.838. The largest absolute Gasteiger partial charge is 0.316 e. The summed E-state index contributed by atoms with van der Waals surface area (Å²) in [5.74, 6) is 0. The van der Waals surface area contributed by atoms with Crippen LogP contribution in [0, 0.1) is 10.1 Å². The molecule has 1 unspecified atom stereocenters. The molecule has 0 aromatic heterocycles. The Bertz CT molecular complexity index is 602. The van der Waals surface area contributed by atoms with Crippen molar-refractivity contribution in [3.63, 3.8) is 0 Å². The number of hydrogen-bond donors (Lipinski definition) is 1. The van der Waals surface area contributed by atoms with Gasteiger partial charge in [0, 0.05) is 31.3 Å². The zero-order valence-corrected chi connectivity index (χ0v) is 12.0. The van der Waals surface area contributed by atoms with Gasteiger partial charge in [0.1, 0.15) is 0 Å². The van der Waals surface area contributed by atoms with Crippen LogP contribution in [0.25, 0.3) is 0 Å². The first-order chi connectivity index (χ1) is 9.45. The number of nitro benzene ring substituents is 1. The van der Waals surface area contributed by atoms with Gasteiger partial charge in [-0.3, -0.25) is 10.1 Å². The second-order valence-electron chi connectivity index (χ2n) is 4.75. The summed E-state index contributed by atoms with van der Waals surface area (Å²) in [5.41, 5.74) is -0.215. The fraction of sp³-hybridized carbons (Fsp3) is 0.500. The Morgan fingerprint density at radius 3 is 2.85 bits per heavy atom. The van der Waals surface area contributed by atoms with Crippen LogP contribution in [0.2, 0.25) is 0 Å². The van der Waals surface area contributed by atoms with Crippen molar-refractivity contribution in [1.82, 2.24) is 9.62 Å². The summed E-state index contributed by atoms with van der Waals surface area (Å²) < 4.78 is 26.4. The molecule has 0 saturated carbocycles. The van der Waals surface area contributed by atoms with Crippen LogP contribution in [0.4, 0.5) is 5.69 Å². The van der Waals surface area contributed by atoms with Crippen molar-refractivity contribution in [1.29, 1.82) is 0 Å². The molecular weight excluding hydrogens is 282 g/mol. The lowest BCUT2D eigenvalue weighted by Crippen LogP contribution is -2.46. The van der Waals surface area contributed by atoms with Gasteiger partial charge in [0.15, 0.2) is 0 Å². The number of sulfonamides is 1. The minimum Gasteiger partial charge on any atom is -0.316 e. The highest BCUT2D eigenvalue weighted by Crippen LogP contribution is 2.23. The number of nitrogens with one attached hydrogen (secondary N) is 1. The quantitative estimate of drug-likeness (QED) is 0.660. The third-order valence-electron chi connectivity index (χ3n) is 3.46. The SMILES string of the molecule is CNC1CCCN(S(=O)(=O)c2cccc([N+](=O)[O-])c2)C1. The maximum atomic E-state index is 12.5. The molecule has 1 aliphatic rings. The lowest BCUT2D eigenvalue weighted by atomic mass is 10.1. The number of nitrogens with zero attached hydrogens (tertiary/aromatic N) is 2. The first-order valence-corrected chi connectivity index (χ1v) is 7.81. The lowest BCUT2D eigenvalue weighted by molar-refractivity contribution is -0.385. The van der Waals surface area contributed by atoms with Gasteiger partial charge in [0.2, 0.25) is 10.0 Å². The van der Waals surface area contributed by atoms with Crippen LogP contribution < -0.4 is 5.32 Å². The van der Waals surface area contributed by atoms with E-state index in [0.717, 1.165) is 18.9 Å². The Morgan fingerprint density at radius 1 is 1.45 bits per heavy atom. The van der Waals surface area contributed by atoms with Crippen molar-refractivity contribution >= 4 is 15.7 Å². The van der Waals surface area contributed by atoms with Crippen molar-refractivity contribution in [3.8, 4) is 0 Å². The van der Waals surface area contributed by atoms with E-state index >= 15 is 0 Å². The molecule has 0 radical (unpaired) electrons. The normalized spacial score (nSPS) is 20.8. The van der Waals surface area contributed by atoms with Gasteiger partial charge in [-0.15, -0.1) is 0 Å². The van der Waals surface area contributed by atoms with Gasteiger partial charge in [0.25, 0.3) is 5.69 Å². The molecule has 0 amide bonds. The molecule has 1 aromatic carbocycles. The van der Waals surface area contributed by atoms with Crippen molar-refractivity contribution in [2.45, 2.75) is 23.8 Å². The van der Waals surface area contributed by atoms with Crippen molar-refractivity contribution < 1.29 is 13.3 Å². The Kier molecular flexibility index (Phi) is 4.36. The first-order valence-electron chi connectivity index (χ1n) is 6.37. The van der Waals surface area contributed by atoms with Crippen molar-refractivity contribution in [3.05, 3.63) is 34.4 Å². The maximum Gasteiger partial charge on any atom is 0.270 e. The monoisotopic (exact) mass is 299 g/mol. The standard InChI is InChI=1S/C12H17N3O4S/c1-13-10-4-3-7-14(9-10)20(18,19)12-6-2-5-11(8-12)15(16)17/h2,5-6,8,10,13H,3-4,7,9H2,1H3. The molecule has 110 valence electrons. The third-order valence-corrected chi connectivity index (χ3v) is 5.32. The van der Waals surface area contributed by atoms with E-state index in [1.807, 2.05) is 0 Å². The molecule has 0 aliphatic carbocycles. The zero-order chi connectivity index (χ0) is 14.8. The van der Waals surface area contributed by atoms with Gasteiger partial charge in [-0.05, 0) is 26.0 Å². The molecule has 1 atom stereocenters. The number of piperidine rings is 1. The molecule has 1 aromatic rings. The average Bonchev–Trinajstić information content (AvgIpc) is 2.47. The second kappa shape index (κ2) is 5.86. The lowest BCUT2D eigenvalue weighted by Gasteiger charge is -2.31. The molecule has 1 N–H and O–H groups in total. The van der Waals surface area contributed by atoms with E-state index in [2.05, 4.69) is 5.32 Å². The van der Waals surface area contributed by atoms with Crippen LogP contribution in [0.15, 0.2) is 29.2 Å². The molecule has 1 heterocycles. The van der Waals surface area contributed by atoms with E-state index in [1.165, 1.54) is 22.5 Å². The van der Waals surface area contributed by atoms with Gasteiger partial charge in [-0.1, -0.05) is 6.07 Å². The highest BCUT2D eigenvalue weighted by molar-refractivity contribution is 7.89. The van der Waals surface area contributed by atoms with Crippen LogP contribution in [0.5, 0.6) is 0 Å². The van der Waals surface area contributed by atoms with E-state index in [4.69, 9.17) is 0 Å². The third kappa shape index (κ3) is 2.97.